The molecule has 0 aromatic carbocycles. The maximum atomic E-state index is 11.6. The third-order valence-corrected chi connectivity index (χ3v) is 2.30. The first-order valence-electron chi connectivity index (χ1n) is 6.51. The Balaban J connectivity index is 3.67. The molecule has 1 atom stereocenters. The van der Waals surface area contributed by atoms with Crippen LogP contribution in [0.15, 0.2) is 0 Å². The standard InChI is InChI=1S/C13H26N2O3/c1-9(2)8-18-11(5)13(17)15-7-6-14-12(16)10(3)4/h9-11H,6-8H2,1-5H3,(H,14,16)(H,15,17)/t11-/m1/s1. The molecule has 2 N–H and O–H groups in total. The van der Waals surface area contributed by atoms with Crippen LogP contribution >= 0.6 is 0 Å². The van der Waals surface area contributed by atoms with Gasteiger partial charge in [-0.25, -0.2) is 0 Å². The Hall–Kier alpha value is -1.10. The van der Waals surface area contributed by atoms with Gasteiger partial charge in [0, 0.05) is 25.6 Å². The zero-order chi connectivity index (χ0) is 14.1. The molecule has 0 heterocycles. The van der Waals surface area contributed by atoms with Crippen LogP contribution in [-0.2, 0) is 14.3 Å². The molecule has 0 spiro atoms. The van der Waals surface area contributed by atoms with Crippen molar-refractivity contribution in [1.82, 2.24) is 10.6 Å². The summed E-state index contributed by atoms with van der Waals surface area (Å²) in [6.07, 6.45) is -0.451. The number of hydrogen-bond donors (Lipinski definition) is 2. The summed E-state index contributed by atoms with van der Waals surface area (Å²) in [6, 6.07) is 0. The third kappa shape index (κ3) is 8.06. The molecule has 0 radical (unpaired) electrons. The van der Waals surface area contributed by atoms with Crippen LogP contribution in [0.4, 0.5) is 0 Å². The van der Waals surface area contributed by atoms with E-state index in [0.29, 0.717) is 25.6 Å². The second kappa shape index (κ2) is 8.91. The van der Waals surface area contributed by atoms with Gasteiger partial charge in [-0.2, -0.15) is 0 Å². The van der Waals surface area contributed by atoms with Gasteiger partial charge in [0.15, 0.2) is 0 Å². The molecule has 0 aromatic rings. The Labute approximate surface area is 110 Å². The Bertz CT molecular complexity index is 265. The van der Waals surface area contributed by atoms with Crippen LogP contribution < -0.4 is 10.6 Å². The van der Waals surface area contributed by atoms with Crippen LogP contribution in [0, 0.1) is 11.8 Å². The molecule has 0 fully saturated rings. The maximum Gasteiger partial charge on any atom is 0.248 e. The topological polar surface area (TPSA) is 67.4 Å². The summed E-state index contributed by atoms with van der Waals surface area (Å²) in [5.74, 6) is 0.224. The molecule has 0 aliphatic rings. The second-order valence-electron chi connectivity index (χ2n) is 5.11. The number of amides is 2. The SMILES string of the molecule is CC(C)CO[C@H](C)C(=O)NCCNC(=O)C(C)C. The quantitative estimate of drug-likeness (QED) is 0.637. The molecule has 0 rings (SSSR count). The van der Waals surface area contributed by atoms with Crippen LogP contribution in [0.25, 0.3) is 0 Å². The average Bonchev–Trinajstić information content (AvgIpc) is 2.30. The summed E-state index contributed by atoms with van der Waals surface area (Å²) in [4.78, 5) is 22.8. The van der Waals surface area contributed by atoms with Gasteiger partial charge in [-0.1, -0.05) is 27.7 Å². The van der Waals surface area contributed by atoms with Gasteiger partial charge in [-0.3, -0.25) is 9.59 Å². The van der Waals surface area contributed by atoms with Crippen LogP contribution in [0.2, 0.25) is 0 Å². The minimum atomic E-state index is -0.451. The molecular weight excluding hydrogens is 232 g/mol. The zero-order valence-corrected chi connectivity index (χ0v) is 12.1. The first-order chi connectivity index (χ1) is 8.34. The molecular formula is C13H26N2O3. The van der Waals surface area contributed by atoms with Crippen LogP contribution in [0.1, 0.15) is 34.6 Å². The van der Waals surface area contributed by atoms with Crippen molar-refractivity contribution < 1.29 is 14.3 Å². The average molecular weight is 258 g/mol. The monoisotopic (exact) mass is 258 g/mol. The van der Waals surface area contributed by atoms with E-state index in [1.54, 1.807) is 6.92 Å². The van der Waals surface area contributed by atoms with Crippen molar-refractivity contribution in [1.29, 1.82) is 0 Å². The molecule has 18 heavy (non-hydrogen) atoms. The fourth-order valence-corrected chi connectivity index (χ4v) is 1.13. The van der Waals surface area contributed by atoms with E-state index in [-0.39, 0.29) is 17.7 Å². The van der Waals surface area contributed by atoms with Gasteiger partial charge in [0.1, 0.15) is 6.10 Å². The number of rotatable bonds is 8. The number of carbonyl (C=O) groups excluding carboxylic acids is 2. The van der Waals surface area contributed by atoms with Gasteiger partial charge < -0.3 is 15.4 Å². The van der Waals surface area contributed by atoms with Gasteiger partial charge in [0.05, 0.1) is 0 Å². The van der Waals surface area contributed by atoms with Crippen molar-refractivity contribution in [3.8, 4) is 0 Å². The lowest BCUT2D eigenvalue weighted by molar-refractivity contribution is -0.132. The minimum Gasteiger partial charge on any atom is -0.368 e. The van der Waals surface area contributed by atoms with Crippen LogP contribution in [0.3, 0.4) is 0 Å². The van der Waals surface area contributed by atoms with Crippen molar-refractivity contribution >= 4 is 11.8 Å². The highest BCUT2D eigenvalue weighted by atomic mass is 16.5. The zero-order valence-electron chi connectivity index (χ0n) is 12.1. The molecule has 0 bridgehead atoms. The van der Waals surface area contributed by atoms with Crippen molar-refractivity contribution in [2.75, 3.05) is 19.7 Å². The third-order valence-electron chi connectivity index (χ3n) is 2.30. The number of ether oxygens (including phenoxy) is 1. The lowest BCUT2D eigenvalue weighted by atomic mass is 10.2. The number of hydrogen-bond acceptors (Lipinski definition) is 3. The fraction of sp³-hybridized carbons (Fsp3) is 0.846. The van der Waals surface area contributed by atoms with Crippen molar-refractivity contribution in [2.45, 2.75) is 40.7 Å². The maximum absolute atomic E-state index is 11.6. The van der Waals surface area contributed by atoms with E-state index in [1.807, 2.05) is 27.7 Å². The highest BCUT2D eigenvalue weighted by Crippen LogP contribution is 1.97. The molecule has 0 unspecified atom stereocenters. The Kier molecular flexibility index (Phi) is 8.37. The molecule has 0 saturated heterocycles. The van der Waals surface area contributed by atoms with Crippen molar-refractivity contribution in [3.05, 3.63) is 0 Å². The molecule has 5 heteroatoms. The van der Waals surface area contributed by atoms with Gasteiger partial charge in [0.25, 0.3) is 0 Å². The van der Waals surface area contributed by atoms with E-state index in [4.69, 9.17) is 4.74 Å². The molecule has 0 aliphatic carbocycles. The highest BCUT2D eigenvalue weighted by molar-refractivity contribution is 5.80. The predicted octanol–water partition coefficient (Wildman–Crippen LogP) is 0.936. The molecule has 0 saturated carbocycles. The van der Waals surface area contributed by atoms with E-state index in [2.05, 4.69) is 10.6 Å². The van der Waals surface area contributed by atoms with Gasteiger partial charge in [-0.05, 0) is 12.8 Å². The van der Waals surface area contributed by atoms with E-state index < -0.39 is 6.10 Å². The number of nitrogens with one attached hydrogen (secondary N) is 2. The largest absolute Gasteiger partial charge is 0.368 e. The minimum absolute atomic E-state index is 0.00615. The fourth-order valence-electron chi connectivity index (χ4n) is 1.13. The van der Waals surface area contributed by atoms with Gasteiger partial charge in [0.2, 0.25) is 11.8 Å². The summed E-state index contributed by atoms with van der Waals surface area (Å²) in [5, 5.41) is 5.45. The van der Waals surface area contributed by atoms with Crippen molar-refractivity contribution in [2.24, 2.45) is 11.8 Å². The van der Waals surface area contributed by atoms with E-state index in [1.165, 1.54) is 0 Å². The van der Waals surface area contributed by atoms with Crippen LogP contribution in [0.5, 0.6) is 0 Å². The lowest BCUT2D eigenvalue weighted by Gasteiger charge is -2.15. The van der Waals surface area contributed by atoms with E-state index in [9.17, 15) is 9.59 Å². The lowest BCUT2D eigenvalue weighted by Crippen LogP contribution is -2.40. The summed E-state index contributed by atoms with van der Waals surface area (Å²) in [7, 11) is 0. The molecule has 0 aliphatic heterocycles. The first-order valence-corrected chi connectivity index (χ1v) is 6.51. The summed E-state index contributed by atoms with van der Waals surface area (Å²) >= 11 is 0. The van der Waals surface area contributed by atoms with Crippen LogP contribution in [-0.4, -0.2) is 37.6 Å². The summed E-state index contributed by atoms with van der Waals surface area (Å²) in [5.41, 5.74) is 0. The molecule has 5 nitrogen and oxygen atoms in total. The van der Waals surface area contributed by atoms with Crippen molar-refractivity contribution in [3.63, 3.8) is 0 Å². The second-order valence-corrected chi connectivity index (χ2v) is 5.11. The Morgan fingerprint density at radius 3 is 1.89 bits per heavy atom. The molecule has 2 amide bonds. The Morgan fingerprint density at radius 1 is 0.944 bits per heavy atom. The molecule has 106 valence electrons. The Morgan fingerprint density at radius 2 is 1.44 bits per heavy atom. The van der Waals surface area contributed by atoms with Gasteiger partial charge in [-0.15, -0.1) is 0 Å². The summed E-state index contributed by atoms with van der Waals surface area (Å²) < 4.78 is 5.38. The smallest absolute Gasteiger partial charge is 0.248 e. The summed E-state index contributed by atoms with van der Waals surface area (Å²) in [6.45, 7) is 10.9. The first kappa shape index (κ1) is 16.9. The van der Waals surface area contributed by atoms with E-state index in [0.717, 1.165) is 0 Å². The molecule has 0 aromatic heterocycles. The predicted molar refractivity (Wildman–Crippen MR) is 71.1 cm³/mol. The normalized spacial score (nSPS) is 12.6. The number of carbonyl (C=O) groups is 2. The van der Waals surface area contributed by atoms with Gasteiger partial charge >= 0.3 is 0 Å². The van der Waals surface area contributed by atoms with E-state index >= 15 is 0 Å². The highest BCUT2D eigenvalue weighted by Gasteiger charge is 2.13.